The molecular weight excluding hydrogens is 553 g/mol. The molecule has 0 bridgehead atoms. The molecule has 0 saturated heterocycles. The average molecular weight is 596 g/mol. The summed E-state index contributed by atoms with van der Waals surface area (Å²) in [5.41, 5.74) is 3.92. The van der Waals surface area contributed by atoms with E-state index in [4.69, 9.17) is 0 Å². The highest BCUT2D eigenvalue weighted by Crippen LogP contribution is 2.25. The number of amides is 2. The number of nitrogens with zero attached hydrogens (tertiary/aromatic N) is 2. The van der Waals surface area contributed by atoms with Crippen molar-refractivity contribution in [2.75, 3.05) is 17.1 Å². The molecule has 42 heavy (non-hydrogen) atoms. The third-order valence-electron chi connectivity index (χ3n) is 7.32. The molecule has 0 heterocycles. The Morgan fingerprint density at radius 3 is 2.24 bits per heavy atom. The van der Waals surface area contributed by atoms with Crippen molar-refractivity contribution in [3.8, 4) is 0 Å². The van der Waals surface area contributed by atoms with Crippen LogP contribution in [-0.4, -0.2) is 50.0 Å². The van der Waals surface area contributed by atoms with Crippen molar-refractivity contribution in [3.05, 3.63) is 101 Å². The molecule has 226 valence electrons. The maximum atomic E-state index is 13.9. The molecule has 1 N–H and O–H groups in total. The predicted octanol–water partition coefficient (Wildman–Crippen LogP) is 5.54. The Morgan fingerprint density at radius 2 is 1.62 bits per heavy atom. The number of nitrogens with one attached hydrogen (secondary N) is 1. The monoisotopic (exact) mass is 595 g/mol. The Balaban J connectivity index is 1.90. The van der Waals surface area contributed by atoms with E-state index in [1.807, 2.05) is 76.2 Å². The first-order valence-corrected chi connectivity index (χ1v) is 16.2. The van der Waals surface area contributed by atoms with Crippen LogP contribution in [0.25, 0.3) is 0 Å². The number of anilines is 1. The molecule has 0 unspecified atom stereocenters. The van der Waals surface area contributed by atoms with Crippen LogP contribution >= 0.6 is 0 Å². The van der Waals surface area contributed by atoms with E-state index in [2.05, 4.69) is 5.32 Å². The lowest BCUT2D eigenvalue weighted by Crippen LogP contribution is -2.52. The van der Waals surface area contributed by atoms with Crippen LogP contribution in [-0.2, 0) is 32.6 Å². The lowest BCUT2D eigenvalue weighted by molar-refractivity contribution is -0.141. The quantitative estimate of drug-likeness (QED) is 0.265. The Kier molecular flexibility index (Phi) is 11.7. The summed E-state index contributed by atoms with van der Waals surface area (Å²) in [6.45, 7) is 7.86. The van der Waals surface area contributed by atoms with Crippen LogP contribution in [0.4, 0.5) is 10.1 Å². The van der Waals surface area contributed by atoms with E-state index in [1.165, 1.54) is 16.4 Å². The van der Waals surface area contributed by atoms with Crippen LogP contribution in [0.5, 0.6) is 0 Å². The maximum Gasteiger partial charge on any atom is 0.243 e. The first kappa shape index (κ1) is 32.8. The van der Waals surface area contributed by atoms with E-state index in [0.717, 1.165) is 29.4 Å². The predicted molar refractivity (Wildman–Crippen MR) is 166 cm³/mol. The van der Waals surface area contributed by atoms with Crippen LogP contribution in [0.15, 0.2) is 72.8 Å². The second-order valence-electron chi connectivity index (χ2n) is 10.9. The van der Waals surface area contributed by atoms with E-state index in [9.17, 15) is 22.4 Å². The Labute approximate surface area is 249 Å². The SMILES string of the molecule is CC[C@@H](C)NC(=O)[C@@H](Cc1ccccc1)N(Cc1ccc(F)cc1)C(=O)CCCN(c1cc(C)ccc1C)S(C)(=O)=O. The van der Waals surface area contributed by atoms with Crippen LogP contribution < -0.4 is 9.62 Å². The molecule has 9 heteroatoms. The molecule has 0 aliphatic heterocycles. The van der Waals surface area contributed by atoms with Crippen LogP contribution in [0.1, 0.15) is 55.4 Å². The van der Waals surface area contributed by atoms with E-state index in [-0.39, 0.29) is 49.6 Å². The molecule has 0 saturated carbocycles. The molecule has 3 aromatic carbocycles. The van der Waals surface area contributed by atoms with Gasteiger partial charge in [0.25, 0.3) is 0 Å². The molecule has 0 aromatic heterocycles. The number of carbonyl (C=O) groups excluding carboxylic acids is 2. The van der Waals surface area contributed by atoms with Gasteiger partial charge in [-0.05, 0) is 74.1 Å². The molecule has 3 rings (SSSR count). The fourth-order valence-corrected chi connectivity index (χ4v) is 5.77. The standard InChI is InChI=1S/C33H42FN3O4S/c1-6-26(4)35-33(39)31(22-27-11-8-7-9-12-27)36(23-28-16-18-29(34)19-17-28)32(38)13-10-20-37(42(5,40)41)30-21-24(2)14-15-25(30)3/h7-9,11-12,14-19,21,26,31H,6,10,13,20,22-23H2,1-5H3,(H,35,39)/t26-,31-/m1/s1. The van der Waals surface area contributed by atoms with Gasteiger partial charge in [0, 0.05) is 32.0 Å². The van der Waals surface area contributed by atoms with Gasteiger partial charge in [-0.2, -0.15) is 0 Å². The summed E-state index contributed by atoms with van der Waals surface area (Å²) in [6.07, 6.45) is 2.47. The molecule has 0 aliphatic rings. The number of carbonyl (C=O) groups is 2. The van der Waals surface area contributed by atoms with Crippen LogP contribution in [0.3, 0.4) is 0 Å². The van der Waals surface area contributed by atoms with Gasteiger partial charge >= 0.3 is 0 Å². The lowest BCUT2D eigenvalue weighted by Gasteiger charge is -2.33. The largest absolute Gasteiger partial charge is 0.352 e. The van der Waals surface area contributed by atoms with Crippen molar-refractivity contribution >= 4 is 27.5 Å². The summed E-state index contributed by atoms with van der Waals surface area (Å²) < 4.78 is 40.5. The highest BCUT2D eigenvalue weighted by atomic mass is 32.2. The van der Waals surface area contributed by atoms with Gasteiger partial charge in [-0.15, -0.1) is 0 Å². The molecular formula is C33H42FN3O4S. The maximum absolute atomic E-state index is 13.9. The summed E-state index contributed by atoms with van der Waals surface area (Å²) in [4.78, 5) is 29.1. The summed E-state index contributed by atoms with van der Waals surface area (Å²) >= 11 is 0. The zero-order valence-electron chi connectivity index (χ0n) is 25.1. The number of sulfonamides is 1. The third-order valence-corrected chi connectivity index (χ3v) is 8.50. The first-order valence-electron chi connectivity index (χ1n) is 14.3. The van der Waals surface area contributed by atoms with Crippen molar-refractivity contribution < 1.29 is 22.4 Å². The number of halogens is 1. The minimum Gasteiger partial charge on any atom is -0.352 e. The van der Waals surface area contributed by atoms with Gasteiger partial charge in [0.1, 0.15) is 11.9 Å². The molecule has 2 amide bonds. The summed E-state index contributed by atoms with van der Waals surface area (Å²) in [5.74, 6) is -0.940. The zero-order valence-corrected chi connectivity index (χ0v) is 26.0. The fraction of sp³-hybridized carbons (Fsp3) is 0.394. The first-order chi connectivity index (χ1) is 19.9. The van der Waals surface area contributed by atoms with Crippen molar-refractivity contribution in [2.24, 2.45) is 0 Å². The van der Waals surface area contributed by atoms with E-state index in [0.29, 0.717) is 17.7 Å². The van der Waals surface area contributed by atoms with Gasteiger partial charge in [0.05, 0.1) is 11.9 Å². The molecule has 0 spiro atoms. The Hall–Kier alpha value is -3.72. The molecule has 7 nitrogen and oxygen atoms in total. The van der Waals surface area contributed by atoms with Gasteiger partial charge < -0.3 is 10.2 Å². The fourth-order valence-electron chi connectivity index (χ4n) is 4.75. The minimum atomic E-state index is -3.61. The summed E-state index contributed by atoms with van der Waals surface area (Å²) in [7, 11) is -3.61. The second-order valence-corrected chi connectivity index (χ2v) is 12.8. The third kappa shape index (κ3) is 9.41. The normalized spacial score (nSPS) is 12.8. The van der Waals surface area contributed by atoms with E-state index < -0.39 is 16.1 Å². The lowest BCUT2D eigenvalue weighted by atomic mass is 10.0. The highest BCUT2D eigenvalue weighted by molar-refractivity contribution is 7.92. The number of hydrogen-bond donors (Lipinski definition) is 1. The Bertz CT molecular complexity index is 1450. The van der Waals surface area contributed by atoms with Crippen molar-refractivity contribution in [3.63, 3.8) is 0 Å². The second kappa shape index (κ2) is 15.0. The van der Waals surface area contributed by atoms with Gasteiger partial charge in [-0.3, -0.25) is 13.9 Å². The van der Waals surface area contributed by atoms with E-state index >= 15 is 0 Å². The minimum absolute atomic E-state index is 0.0278. The summed E-state index contributed by atoms with van der Waals surface area (Å²) in [6, 6.07) is 20.1. The smallest absolute Gasteiger partial charge is 0.243 e. The summed E-state index contributed by atoms with van der Waals surface area (Å²) in [5, 5.41) is 3.03. The number of rotatable bonds is 14. The number of aryl methyl sites for hydroxylation is 2. The van der Waals surface area contributed by atoms with Crippen molar-refractivity contribution in [2.45, 2.75) is 72.0 Å². The molecule has 3 aromatic rings. The van der Waals surface area contributed by atoms with Crippen LogP contribution in [0, 0.1) is 19.7 Å². The number of benzene rings is 3. The van der Waals surface area contributed by atoms with Crippen molar-refractivity contribution in [1.29, 1.82) is 0 Å². The van der Waals surface area contributed by atoms with Crippen molar-refractivity contribution in [1.82, 2.24) is 10.2 Å². The molecule has 0 fully saturated rings. The molecule has 0 aliphatic carbocycles. The Morgan fingerprint density at radius 1 is 0.952 bits per heavy atom. The number of hydrogen-bond acceptors (Lipinski definition) is 4. The van der Waals surface area contributed by atoms with Gasteiger partial charge in [0.15, 0.2) is 0 Å². The van der Waals surface area contributed by atoms with E-state index in [1.54, 1.807) is 17.0 Å². The molecule has 0 radical (unpaired) electrons. The van der Waals surface area contributed by atoms with Crippen LogP contribution in [0.2, 0.25) is 0 Å². The zero-order chi connectivity index (χ0) is 30.9. The van der Waals surface area contributed by atoms with Gasteiger partial charge in [-0.1, -0.05) is 61.5 Å². The molecule has 2 atom stereocenters. The topological polar surface area (TPSA) is 86.8 Å². The average Bonchev–Trinajstić information content (AvgIpc) is 2.95. The van der Waals surface area contributed by atoms with Gasteiger partial charge in [-0.25, -0.2) is 12.8 Å². The highest BCUT2D eigenvalue weighted by Gasteiger charge is 2.31. The van der Waals surface area contributed by atoms with Gasteiger partial charge in [0.2, 0.25) is 21.8 Å².